The maximum absolute atomic E-state index is 12.4. The van der Waals surface area contributed by atoms with Crippen molar-refractivity contribution in [2.75, 3.05) is 19.0 Å². The average molecular weight is 392 g/mol. The van der Waals surface area contributed by atoms with Gasteiger partial charge in [0.05, 0.1) is 12.6 Å². The van der Waals surface area contributed by atoms with Gasteiger partial charge < -0.3 is 20.4 Å². The van der Waals surface area contributed by atoms with Gasteiger partial charge in [0.2, 0.25) is 0 Å². The molecule has 29 heavy (non-hydrogen) atoms. The number of carbonyl (C=O) groups is 1. The number of anilines is 1. The molecule has 1 aliphatic rings. The third-order valence-corrected chi connectivity index (χ3v) is 5.15. The normalized spacial score (nSPS) is 18.1. The van der Waals surface area contributed by atoms with Crippen LogP contribution in [0.4, 0.5) is 5.69 Å². The zero-order chi connectivity index (χ0) is 20.1. The Morgan fingerprint density at radius 3 is 2.83 bits per heavy atom. The molecule has 0 saturated heterocycles. The molecule has 1 aliphatic carbocycles. The van der Waals surface area contributed by atoms with Crippen LogP contribution in [-0.2, 0) is 11.3 Å². The monoisotopic (exact) mass is 392 g/mol. The highest BCUT2D eigenvalue weighted by Crippen LogP contribution is 2.28. The van der Waals surface area contributed by atoms with E-state index in [0.29, 0.717) is 42.3 Å². The van der Waals surface area contributed by atoms with Crippen molar-refractivity contribution in [3.63, 3.8) is 0 Å². The predicted molar refractivity (Wildman–Crippen MR) is 109 cm³/mol. The summed E-state index contributed by atoms with van der Waals surface area (Å²) in [7, 11) is 1.73. The summed E-state index contributed by atoms with van der Waals surface area (Å²) >= 11 is 0. The van der Waals surface area contributed by atoms with Crippen molar-refractivity contribution in [1.29, 1.82) is 0 Å². The lowest BCUT2D eigenvalue weighted by molar-refractivity contribution is 0.00179. The molecule has 4 rings (SSSR count). The van der Waals surface area contributed by atoms with Gasteiger partial charge in [-0.25, -0.2) is 0 Å². The molecule has 1 amide bonds. The lowest BCUT2D eigenvalue weighted by atomic mass is 9.82. The van der Waals surface area contributed by atoms with Gasteiger partial charge in [0, 0.05) is 42.9 Å². The molecule has 1 aromatic carbocycles. The lowest BCUT2D eigenvalue weighted by Gasteiger charge is -2.34. The Morgan fingerprint density at radius 1 is 1.21 bits per heavy atom. The fourth-order valence-electron chi connectivity index (χ4n) is 3.35. The van der Waals surface area contributed by atoms with E-state index in [0.717, 1.165) is 24.1 Å². The van der Waals surface area contributed by atoms with Crippen molar-refractivity contribution in [3.8, 4) is 11.4 Å². The van der Waals surface area contributed by atoms with Crippen molar-refractivity contribution in [3.05, 3.63) is 60.2 Å². The van der Waals surface area contributed by atoms with Gasteiger partial charge in [-0.15, -0.1) is 10.2 Å². The highest BCUT2D eigenvalue weighted by atomic mass is 16.5. The summed E-state index contributed by atoms with van der Waals surface area (Å²) in [5, 5.41) is 14.6. The number of benzene rings is 1. The SMILES string of the molecule is CO[C@H]1C[C@H](CNC(=O)c2cccc(NCc3nnc(-c4ccncc4)[nH]3)c2)C1. The Morgan fingerprint density at radius 2 is 2.03 bits per heavy atom. The van der Waals surface area contributed by atoms with Gasteiger partial charge in [-0.1, -0.05) is 6.07 Å². The number of rotatable bonds is 8. The second kappa shape index (κ2) is 8.83. The molecular formula is C21H24N6O2. The van der Waals surface area contributed by atoms with Crippen LogP contribution in [0, 0.1) is 5.92 Å². The van der Waals surface area contributed by atoms with E-state index in [1.807, 2.05) is 36.4 Å². The molecule has 2 heterocycles. The number of amides is 1. The number of H-pyrrole nitrogens is 1. The Hall–Kier alpha value is -3.26. The molecule has 150 valence electrons. The number of pyridine rings is 1. The van der Waals surface area contributed by atoms with Crippen LogP contribution < -0.4 is 10.6 Å². The van der Waals surface area contributed by atoms with Gasteiger partial charge in [0.25, 0.3) is 5.91 Å². The molecule has 8 nitrogen and oxygen atoms in total. The summed E-state index contributed by atoms with van der Waals surface area (Å²) in [6.07, 6.45) is 5.80. The van der Waals surface area contributed by atoms with Gasteiger partial charge >= 0.3 is 0 Å². The zero-order valence-corrected chi connectivity index (χ0v) is 16.3. The number of hydrogen-bond acceptors (Lipinski definition) is 6. The minimum Gasteiger partial charge on any atom is -0.381 e. The topological polar surface area (TPSA) is 105 Å². The summed E-state index contributed by atoms with van der Waals surface area (Å²) in [5.41, 5.74) is 2.41. The summed E-state index contributed by atoms with van der Waals surface area (Å²) in [5.74, 6) is 1.86. The van der Waals surface area contributed by atoms with Crippen LogP contribution in [0.15, 0.2) is 48.8 Å². The molecule has 0 spiro atoms. The van der Waals surface area contributed by atoms with Crippen LogP contribution >= 0.6 is 0 Å². The number of ether oxygens (including phenoxy) is 1. The number of hydrogen-bond donors (Lipinski definition) is 3. The van der Waals surface area contributed by atoms with Crippen molar-refractivity contribution in [2.24, 2.45) is 5.92 Å². The lowest BCUT2D eigenvalue weighted by Crippen LogP contribution is -2.39. The quantitative estimate of drug-likeness (QED) is 0.544. The fourth-order valence-corrected chi connectivity index (χ4v) is 3.35. The second-order valence-electron chi connectivity index (χ2n) is 7.20. The summed E-state index contributed by atoms with van der Waals surface area (Å²) in [6, 6.07) is 11.2. The van der Waals surface area contributed by atoms with Gasteiger partial charge in [-0.3, -0.25) is 9.78 Å². The molecule has 0 atom stereocenters. The number of aromatic amines is 1. The third kappa shape index (κ3) is 4.78. The first kappa shape index (κ1) is 19.1. The maximum Gasteiger partial charge on any atom is 0.251 e. The Balaban J connectivity index is 1.30. The number of aromatic nitrogens is 4. The van der Waals surface area contributed by atoms with E-state index in [9.17, 15) is 4.79 Å². The van der Waals surface area contributed by atoms with E-state index in [4.69, 9.17) is 4.74 Å². The number of nitrogens with zero attached hydrogens (tertiary/aromatic N) is 3. The minimum atomic E-state index is -0.0610. The van der Waals surface area contributed by atoms with E-state index >= 15 is 0 Å². The summed E-state index contributed by atoms with van der Waals surface area (Å²) in [4.78, 5) is 19.6. The summed E-state index contributed by atoms with van der Waals surface area (Å²) in [6.45, 7) is 1.16. The highest BCUT2D eigenvalue weighted by Gasteiger charge is 2.29. The largest absolute Gasteiger partial charge is 0.381 e. The molecule has 0 bridgehead atoms. The molecule has 1 fully saturated rings. The first-order chi connectivity index (χ1) is 14.2. The van der Waals surface area contributed by atoms with Crippen LogP contribution in [0.1, 0.15) is 29.0 Å². The predicted octanol–water partition coefficient (Wildman–Crippen LogP) is 2.63. The van der Waals surface area contributed by atoms with Crippen molar-refractivity contribution in [2.45, 2.75) is 25.5 Å². The van der Waals surface area contributed by atoms with E-state index in [2.05, 4.69) is 30.8 Å². The van der Waals surface area contributed by atoms with E-state index in [1.165, 1.54) is 0 Å². The van der Waals surface area contributed by atoms with Gasteiger partial charge in [-0.05, 0) is 49.1 Å². The molecule has 1 saturated carbocycles. The minimum absolute atomic E-state index is 0.0610. The molecule has 8 heteroatoms. The van der Waals surface area contributed by atoms with E-state index < -0.39 is 0 Å². The molecule has 0 aliphatic heterocycles. The van der Waals surface area contributed by atoms with Crippen molar-refractivity contribution < 1.29 is 9.53 Å². The van der Waals surface area contributed by atoms with Crippen LogP contribution in [0.25, 0.3) is 11.4 Å². The fraction of sp³-hybridized carbons (Fsp3) is 0.333. The molecular weight excluding hydrogens is 368 g/mol. The molecule has 0 unspecified atom stereocenters. The van der Waals surface area contributed by atoms with Crippen LogP contribution in [0.2, 0.25) is 0 Å². The Kier molecular flexibility index (Phi) is 5.81. The average Bonchev–Trinajstić information content (AvgIpc) is 3.21. The second-order valence-corrected chi connectivity index (χ2v) is 7.20. The van der Waals surface area contributed by atoms with Crippen molar-refractivity contribution in [1.82, 2.24) is 25.5 Å². The molecule has 3 aromatic rings. The standard InChI is InChI=1S/C21H24N6O2/c1-29-18-9-14(10-18)12-24-21(28)16-3-2-4-17(11-16)23-13-19-25-20(27-26-19)15-5-7-22-8-6-15/h2-8,11,14,18,23H,9-10,12-13H2,1H3,(H,24,28)(H,25,26,27)/t14-,18-. The Bertz CT molecular complexity index is 953. The van der Waals surface area contributed by atoms with E-state index in [-0.39, 0.29) is 5.91 Å². The summed E-state index contributed by atoms with van der Waals surface area (Å²) < 4.78 is 5.28. The number of methoxy groups -OCH3 is 1. The highest BCUT2D eigenvalue weighted by molar-refractivity contribution is 5.95. The van der Waals surface area contributed by atoms with Gasteiger partial charge in [-0.2, -0.15) is 0 Å². The van der Waals surface area contributed by atoms with E-state index in [1.54, 1.807) is 19.5 Å². The van der Waals surface area contributed by atoms with Crippen LogP contribution in [-0.4, -0.2) is 45.8 Å². The first-order valence-electron chi connectivity index (χ1n) is 9.68. The zero-order valence-electron chi connectivity index (χ0n) is 16.3. The van der Waals surface area contributed by atoms with Gasteiger partial charge in [0.1, 0.15) is 5.82 Å². The first-order valence-corrected chi connectivity index (χ1v) is 9.68. The maximum atomic E-state index is 12.4. The van der Waals surface area contributed by atoms with Gasteiger partial charge in [0.15, 0.2) is 5.82 Å². The molecule has 2 aromatic heterocycles. The number of nitrogens with one attached hydrogen (secondary N) is 3. The van der Waals surface area contributed by atoms with Crippen LogP contribution in [0.5, 0.6) is 0 Å². The smallest absolute Gasteiger partial charge is 0.251 e. The molecule has 3 N–H and O–H groups in total. The van der Waals surface area contributed by atoms with Crippen LogP contribution in [0.3, 0.4) is 0 Å². The number of carbonyl (C=O) groups excluding carboxylic acids is 1. The Labute approximate surface area is 169 Å². The molecule has 0 radical (unpaired) electrons. The van der Waals surface area contributed by atoms with Crippen molar-refractivity contribution >= 4 is 11.6 Å². The third-order valence-electron chi connectivity index (χ3n) is 5.15.